The van der Waals surface area contributed by atoms with Gasteiger partial charge in [-0.3, -0.25) is 4.79 Å². The zero-order valence-corrected chi connectivity index (χ0v) is 12.1. The predicted molar refractivity (Wildman–Crippen MR) is 77.8 cm³/mol. The Morgan fingerprint density at radius 2 is 2.14 bits per heavy atom. The first-order chi connectivity index (χ1) is 10.1. The van der Waals surface area contributed by atoms with Gasteiger partial charge >= 0.3 is 0 Å². The van der Waals surface area contributed by atoms with Crippen LogP contribution in [0, 0.1) is 13.8 Å². The molecule has 21 heavy (non-hydrogen) atoms. The molecule has 1 unspecified atom stereocenters. The van der Waals surface area contributed by atoms with Gasteiger partial charge in [-0.2, -0.15) is 5.21 Å². The van der Waals surface area contributed by atoms with Crippen LogP contribution in [0.25, 0.3) is 10.9 Å². The second kappa shape index (κ2) is 5.01. The van der Waals surface area contributed by atoms with Crippen molar-refractivity contribution in [3.05, 3.63) is 40.8 Å². The highest BCUT2D eigenvalue weighted by atomic mass is 16.1. The zero-order chi connectivity index (χ0) is 15.0. The number of aromatic amines is 2. The molecule has 3 aromatic rings. The summed E-state index contributed by atoms with van der Waals surface area (Å²) in [4.78, 5) is 15.6. The lowest BCUT2D eigenvalue weighted by Crippen LogP contribution is -2.27. The summed E-state index contributed by atoms with van der Waals surface area (Å²) in [5.41, 5.74) is 3.92. The van der Waals surface area contributed by atoms with Gasteiger partial charge in [0.1, 0.15) is 0 Å². The molecule has 2 aromatic heterocycles. The van der Waals surface area contributed by atoms with Gasteiger partial charge in [0.2, 0.25) is 0 Å². The Bertz CT molecular complexity index is 789. The van der Waals surface area contributed by atoms with Crippen molar-refractivity contribution < 1.29 is 4.79 Å². The van der Waals surface area contributed by atoms with Crippen LogP contribution in [0.1, 0.15) is 40.4 Å². The molecule has 0 radical (unpaired) electrons. The standard InChI is InChI=1S/C14H16N6O/c1-7-8(2)15-12-5-4-10(6-11(7)12)14(21)16-9(3)13-17-19-20-18-13/h4-6,9,15H,1-3H3,(H,16,21)(H,17,18,19,20). The molecule has 3 rings (SSSR count). The maximum absolute atomic E-state index is 12.3. The quantitative estimate of drug-likeness (QED) is 0.682. The van der Waals surface area contributed by atoms with Crippen LogP contribution in [0.4, 0.5) is 0 Å². The average molecular weight is 284 g/mol. The summed E-state index contributed by atoms with van der Waals surface area (Å²) in [5, 5.41) is 17.5. The molecule has 7 nitrogen and oxygen atoms in total. The molecule has 0 spiro atoms. The molecular weight excluding hydrogens is 268 g/mol. The van der Waals surface area contributed by atoms with E-state index in [2.05, 4.69) is 30.9 Å². The minimum atomic E-state index is -0.305. The van der Waals surface area contributed by atoms with Crippen molar-refractivity contribution in [2.45, 2.75) is 26.8 Å². The van der Waals surface area contributed by atoms with Crippen LogP contribution >= 0.6 is 0 Å². The number of hydrogen-bond acceptors (Lipinski definition) is 4. The fourth-order valence-electron chi connectivity index (χ4n) is 2.30. The van der Waals surface area contributed by atoms with Crippen molar-refractivity contribution in [2.75, 3.05) is 0 Å². The van der Waals surface area contributed by atoms with Crippen LogP contribution in [0.5, 0.6) is 0 Å². The Hall–Kier alpha value is -2.70. The molecule has 0 bridgehead atoms. The van der Waals surface area contributed by atoms with Crippen LogP contribution < -0.4 is 5.32 Å². The van der Waals surface area contributed by atoms with Gasteiger partial charge < -0.3 is 10.3 Å². The van der Waals surface area contributed by atoms with Gasteiger partial charge in [-0.25, -0.2) is 0 Å². The number of carbonyl (C=O) groups is 1. The van der Waals surface area contributed by atoms with E-state index >= 15 is 0 Å². The Kier molecular flexibility index (Phi) is 3.17. The number of nitrogens with zero attached hydrogens (tertiary/aromatic N) is 3. The second-order valence-corrected chi connectivity index (χ2v) is 5.10. The van der Waals surface area contributed by atoms with Crippen molar-refractivity contribution in [1.29, 1.82) is 0 Å². The number of aryl methyl sites for hydroxylation is 2. The Morgan fingerprint density at radius 1 is 1.33 bits per heavy atom. The zero-order valence-electron chi connectivity index (χ0n) is 12.1. The van der Waals surface area contributed by atoms with Crippen molar-refractivity contribution in [3.8, 4) is 0 Å². The van der Waals surface area contributed by atoms with Crippen LogP contribution in [-0.2, 0) is 0 Å². The molecule has 0 saturated heterocycles. The third kappa shape index (κ3) is 2.37. The number of rotatable bonds is 3. The molecule has 3 N–H and O–H groups in total. The maximum Gasteiger partial charge on any atom is 0.251 e. The summed E-state index contributed by atoms with van der Waals surface area (Å²) < 4.78 is 0. The van der Waals surface area contributed by atoms with Gasteiger partial charge in [0.15, 0.2) is 5.82 Å². The second-order valence-electron chi connectivity index (χ2n) is 5.10. The summed E-state index contributed by atoms with van der Waals surface area (Å²) in [7, 11) is 0. The molecule has 0 aliphatic heterocycles. The normalized spacial score (nSPS) is 12.5. The highest BCUT2D eigenvalue weighted by Crippen LogP contribution is 2.22. The fraction of sp³-hybridized carbons (Fsp3) is 0.286. The molecule has 0 aliphatic rings. The van der Waals surface area contributed by atoms with Gasteiger partial charge in [0.05, 0.1) is 6.04 Å². The Labute approximate surface area is 121 Å². The molecule has 1 atom stereocenters. The van der Waals surface area contributed by atoms with E-state index in [0.29, 0.717) is 11.4 Å². The van der Waals surface area contributed by atoms with Gasteiger partial charge in [0, 0.05) is 22.2 Å². The van der Waals surface area contributed by atoms with E-state index in [1.165, 1.54) is 0 Å². The third-order valence-corrected chi connectivity index (χ3v) is 3.67. The van der Waals surface area contributed by atoms with E-state index < -0.39 is 0 Å². The molecule has 2 heterocycles. The lowest BCUT2D eigenvalue weighted by molar-refractivity contribution is 0.0938. The van der Waals surface area contributed by atoms with E-state index in [1.54, 1.807) is 6.07 Å². The van der Waals surface area contributed by atoms with Crippen molar-refractivity contribution in [2.24, 2.45) is 0 Å². The van der Waals surface area contributed by atoms with Crippen LogP contribution in [-0.4, -0.2) is 31.5 Å². The van der Waals surface area contributed by atoms with E-state index in [1.807, 2.05) is 32.9 Å². The topological polar surface area (TPSA) is 99.4 Å². The number of benzene rings is 1. The number of carbonyl (C=O) groups excluding carboxylic acids is 1. The largest absolute Gasteiger partial charge is 0.358 e. The van der Waals surface area contributed by atoms with Crippen LogP contribution in [0.15, 0.2) is 18.2 Å². The highest BCUT2D eigenvalue weighted by molar-refractivity contribution is 5.99. The smallest absolute Gasteiger partial charge is 0.251 e. The number of amides is 1. The molecule has 0 saturated carbocycles. The van der Waals surface area contributed by atoms with Crippen LogP contribution in [0.3, 0.4) is 0 Å². The van der Waals surface area contributed by atoms with Gasteiger partial charge in [-0.15, -0.1) is 10.2 Å². The third-order valence-electron chi connectivity index (χ3n) is 3.67. The van der Waals surface area contributed by atoms with E-state index in [0.717, 1.165) is 22.2 Å². The van der Waals surface area contributed by atoms with E-state index in [9.17, 15) is 4.79 Å². The molecule has 1 aromatic carbocycles. The molecule has 1 amide bonds. The first kappa shape index (κ1) is 13.3. The van der Waals surface area contributed by atoms with Crippen molar-refractivity contribution in [1.82, 2.24) is 30.9 Å². The molecule has 108 valence electrons. The van der Waals surface area contributed by atoms with E-state index in [-0.39, 0.29) is 11.9 Å². The van der Waals surface area contributed by atoms with Crippen LogP contribution in [0.2, 0.25) is 0 Å². The molecule has 7 heteroatoms. The van der Waals surface area contributed by atoms with Crippen molar-refractivity contribution >= 4 is 16.8 Å². The SMILES string of the molecule is Cc1[nH]c2ccc(C(=O)NC(C)c3nn[nH]n3)cc2c1C. The monoisotopic (exact) mass is 284 g/mol. The summed E-state index contributed by atoms with van der Waals surface area (Å²) in [6.45, 7) is 5.87. The predicted octanol–water partition coefficient (Wildman–Crippen LogP) is 1.79. The van der Waals surface area contributed by atoms with Gasteiger partial charge in [-0.05, 0) is 44.5 Å². The number of nitrogens with one attached hydrogen (secondary N) is 3. The van der Waals surface area contributed by atoms with Crippen molar-refractivity contribution in [3.63, 3.8) is 0 Å². The summed E-state index contributed by atoms with van der Waals surface area (Å²) in [6.07, 6.45) is 0. The summed E-state index contributed by atoms with van der Waals surface area (Å²) in [6, 6.07) is 5.31. The number of aromatic nitrogens is 5. The summed E-state index contributed by atoms with van der Waals surface area (Å²) >= 11 is 0. The minimum Gasteiger partial charge on any atom is -0.358 e. The molecule has 0 aliphatic carbocycles. The summed E-state index contributed by atoms with van der Waals surface area (Å²) in [5.74, 6) is 0.297. The van der Waals surface area contributed by atoms with E-state index in [4.69, 9.17) is 0 Å². The Balaban J connectivity index is 1.86. The lowest BCUT2D eigenvalue weighted by Gasteiger charge is -2.10. The highest BCUT2D eigenvalue weighted by Gasteiger charge is 2.15. The minimum absolute atomic E-state index is 0.160. The molecular formula is C14H16N6O. The number of tetrazole rings is 1. The maximum atomic E-state index is 12.3. The fourth-order valence-corrected chi connectivity index (χ4v) is 2.30. The lowest BCUT2D eigenvalue weighted by atomic mass is 10.1. The average Bonchev–Trinajstić information content (AvgIpc) is 3.08. The number of H-pyrrole nitrogens is 2. The van der Waals surface area contributed by atoms with Gasteiger partial charge in [0.25, 0.3) is 5.91 Å². The number of hydrogen-bond donors (Lipinski definition) is 3. The molecule has 0 fully saturated rings. The first-order valence-electron chi connectivity index (χ1n) is 6.69. The Morgan fingerprint density at radius 3 is 2.86 bits per heavy atom. The first-order valence-corrected chi connectivity index (χ1v) is 6.69. The van der Waals surface area contributed by atoms with Gasteiger partial charge in [-0.1, -0.05) is 5.21 Å². The number of fused-ring (bicyclic) bond motifs is 1.